The van der Waals surface area contributed by atoms with Gasteiger partial charge in [-0.25, -0.2) is 0 Å². The minimum absolute atomic E-state index is 0.0361. The maximum Gasteiger partial charge on any atom is 0.471 e. The van der Waals surface area contributed by atoms with Crippen LogP contribution in [0.5, 0.6) is 0 Å². The van der Waals surface area contributed by atoms with Gasteiger partial charge in [-0.3, -0.25) is 4.79 Å². The van der Waals surface area contributed by atoms with E-state index >= 15 is 0 Å². The van der Waals surface area contributed by atoms with E-state index in [9.17, 15) is 31.1 Å². The van der Waals surface area contributed by atoms with Gasteiger partial charge in [0.05, 0.1) is 0 Å². The van der Waals surface area contributed by atoms with Gasteiger partial charge in [-0.15, -0.1) is 0 Å². The molecule has 0 aromatic heterocycles. The Kier molecular flexibility index (Phi) is 3.90. The molecule has 3 nitrogen and oxygen atoms in total. The molecule has 0 aliphatic carbocycles. The highest BCUT2D eigenvalue weighted by molar-refractivity contribution is 5.81. The number of nitrogens with one attached hydrogen (secondary N) is 2. The van der Waals surface area contributed by atoms with Gasteiger partial charge in [-0.05, 0) is 19.4 Å². The molecule has 0 saturated carbocycles. The Morgan fingerprint density at radius 1 is 1.18 bits per heavy atom. The topological polar surface area (TPSA) is 41.1 Å². The maximum absolute atomic E-state index is 12.3. The van der Waals surface area contributed by atoms with Crippen LogP contribution in [0.3, 0.4) is 0 Å². The Morgan fingerprint density at radius 3 is 2.24 bits per heavy atom. The van der Waals surface area contributed by atoms with Gasteiger partial charge in [0, 0.05) is 6.04 Å². The van der Waals surface area contributed by atoms with E-state index in [0.717, 1.165) is 0 Å². The van der Waals surface area contributed by atoms with E-state index in [-0.39, 0.29) is 13.0 Å². The average Bonchev–Trinajstić information content (AvgIpc) is 2.15. The van der Waals surface area contributed by atoms with Crippen molar-refractivity contribution in [2.75, 3.05) is 6.54 Å². The normalized spacial score (nSPS) is 26.7. The van der Waals surface area contributed by atoms with Crippen molar-refractivity contribution in [3.8, 4) is 0 Å². The zero-order chi connectivity index (χ0) is 13.3. The summed E-state index contributed by atoms with van der Waals surface area (Å²) in [6, 6.07) is -2.99. The van der Waals surface area contributed by atoms with E-state index < -0.39 is 36.8 Å². The summed E-state index contributed by atoms with van der Waals surface area (Å²) >= 11 is 0. The van der Waals surface area contributed by atoms with Crippen molar-refractivity contribution >= 4 is 5.91 Å². The summed E-state index contributed by atoms with van der Waals surface area (Å²) in [6.07, 6.45) is -10.2. The molecule has 1 rings (SSSR count). The van der Waals surface area contributed by atoms with Crippen LogP contribution in [0.1, 0.15) is 12.8 Å². The van der Waals surface area contributed by atoms with Crippen LogP contribution >= 0.6 is 0 Å². The quantitative estimate of drug-likeness (QED) is 0.702. The van der Waals surface area contributed by atoms with Gasteiger partial charge in [-0.2, -0.15) is 26.3 Å². The monoisotopic (exact) mass is 264 g/mol. The lowest BCUT2D eigenvalue weighted by molar-refractivity contribution is -0.177. The molecule has 1 fully saturated rings. The van der Waals surface area contributed by atoms with Gasteiger partial charge in [0.15, 0.2) is 0 Å². The third-order valence-electron chi connectivity index (χ3n) is 2.39. The average molecular weight is 264 g/mol. The zero-order valence-electron chi connectivity index (χ0n) is 8.45. The van der Waals surface area contributed by atoms with Crippen LogP contribution in [0.15, 0.2) is 0 Å². The Balaban J connectivity index is 2.54. The predicted molar refractivity (Wildman–Crippen MR) is 45.1 cm³/mol. The van der Waals surface area contributed by atoms with E-state index in [0.29, 0.717) is 0 Å². The van der Waals surface area contributed by atoms with E-state index in [1.54, 1.807) is 5.32 Å². The van der Waals surface area contributed by atoms with Gasteiger partial charge in [0.1, 0.15) is 6.04 Å². The maximum atomic E-state index is 12.3. The summed E-state index contributed by atoms with van der Waals surface area (Å²) < 4.78 is 72.5. The molecule has 1 aliphatic rings. The largest absolute Gasteiger partial charge is 0.471 e. The van der Waals surface area contributed by atoms with Gasteiger partial charge in [0.25, 0.3) is 0 Å². The lowest BCUT2D eigenvalue weighted by Crippen LogP contribution is -2.54. The van der Waals surface area contributed by atoms with E-state index in [1.807, 2.05) is 0 Å². The number of carbonyl (C=O) groups is 1. The first-order valence-electron chi connectivity index (χ1n) is 4.78. The second kappa shape index (κ2) is 4.71. The zero-order valence-corrected chi connectivity index (χ0v) is 8.45. The number of rotatable bonds is 1. The molecule has 1 amide bonds. The summed E-state index contributed by atoms with van der Waals surface area (Å²) in [5.74, 6) is -2.20. The highest BCUT2D eigenvalue weighted by Crippen LogP contribution is 2.26. The van der Waals surface area contributed by atoms with Crippen LogP contribution in [0.2, 0.25) is 0 Å². The Morgan fingerprint density at radius 2 is 1.76 bits per heavy atom. The number of carbonyl (C=O) groups excluding carboxylic acids is 1. The summed E-state index contributed by atoms with van der Waals surface area (Å²) in [7, 11) is 0. The number of amides is 1. The SMILES string of the molecule is O=C(N[C@@H]1CCN[C@H](C(F)(F)F)C1)C(F)(F)F. The molecule has 0 radical (unpaired) electrons. The minimum atomic E-state index is -5.07. The summed E-state index contributed by atoms with van der Waals surface area (Å²) in [5.41, 5.74) is 0. The van der Waals surface area contributed by atoms with Crippen molar-refractivity contribution in [2.45, 2.75) is 37.3 Å². The molecule has 0 aromatic rings. The summed E-state index contributed by atoms with van der Waals surface area (Å²) in [5, 5.41) is 3.70. The molecular formula is C8H10F6N2O. The number of piperidine rings is 1. The van der Waals surface area contributed by atoms with Crippen LogP contribution in [0.4, 0.5) is 26.3 Å². The number of hydrogen-bond donors (Lipinski definition) is 2. The fourth-order valence-corrected chi connectivity index (χ4v) is 1.57. The molecule has 17 heavy (non-hydrogen) atoms. The fraction of sp³-hybridized carbons (Fsp3) is 0.875. The molecule has 0 aromatic carbocycles. The van der Waals surface area contributed by atoms with Crippen LogP contribution in [0, 0.1) is 0 Å². The fourth-order valence-electron chi connectivity index (χ4n) is 1.57. The molecule has 1 heterocycles. The first-order chi connectivity index (χ1) is 7.60. The predicted octanol–water partition coefficient (Wildman–Crippen LogP) is 1.35. The smallest absolute Gasteiger partial charge is 0.345 e. The molecule has 100 valence electrons. The Bertz CT molecular complexity index is 287. The standard InChI is InChI=1S/C8H10F6N2O/c9-7(10,11)5-3-4(1-2-15-5)16-6(17)8(12,13)14/h4-5,15H,1-3H2,(H,16,17)/t4-,5+/m1/s1. The lowest BCUT2D eigenvalue weighted by atomic mass is 9.99. The van der Waals surface area contributed by atoms with Crippen molar-refractivity contribution < 1.29 is 31.1 Å². The third kappa shape index (κ3) is 4.06. The van der Waals surface area contributed by atoms with E-state index in [1.165, 1.54) is 0 Å². The molecule has 0 bridgehead atoms. The lowest BCUT2D eigenvalue weighted by Gasteiger charge is -2.32. The second-order valence-corrected chi connectivity index (χ2v) is 3.74. The van der Waals surface area contributed by atoms with Crippen molar-refractivity contribution in [3.63, 3.8) is 0 Å². The van der Waals surface area contributed by atoms with Gasteiger partial charge < -0.3 is 10.6 Å². The number of hydrogen-bond acceptors (Lipinski definition) is 2. The minimum Gasteiger partial charge on any atom is -0.345 e. The molecule has 0 unspecified atom stereocenters. The van der Waals surface area contributed by atoms with Crippen LogP contribution in [0.25, 0.3) is 0 Å². The molecule has 1 saturated heterocycles. The van der Waals surface area contributed by atoms with Crippen molar-refractivity contribution in [1.82, 2.24) is 10.6 Å². The molecule has 9 heteroatoms. The number of alkyl halides is 6. The van der Waals surface area contributed by atoms with Crippen molar-refractivity contribution in [2.24, 2.45) is 0 Å². The Hall–Kier alpha value is -0.990. The van der Waals surface area contributed by atoms with Crippen LogP contribution in [-0.2, 0) is 4.79 Å². The highest BCUT2D eigenvalue weighted by Gasteiger charge is 2.45. The van der Waals surface area contributed by atoms with Crippen LogP contribution in [-0.4, -0.2) is 36.9 Å². The van der Waals surface area contributed by atoms with Gasteiger partial charge >= 0.3 is 18.3 Å². The summed E-state index contributed by atoms with van der Waals surface area (Å²) in [6.45, 7) is -0.0903. The molecule has 0 spiro atoms. The molecular weight excluding hydrogens is 254 g/mol. The van der Waals surface area contributed by atoms with Crippen molar-refractivity contribution in [3.05, 3.63) is 0 Å². The van der Waals surface area contributed by atoms with Gasteiger partial charge in [-0.1, -0.05) is 0 Å². The van der Waals surface area contributed by atoms with Crippen LogP contribution < -0.4 is 10.6 Å². The second-order valence-electron chi connectivity index (χ2n) is 3.74. The molecule has 2 atom stereocenters. The van der Waals surface area contributed by atoms with E-state index in [2.05, 4.69) is 5.32 Å². The third-order valence-corrected chi connectivity index (χ3v) is 2.39. The molecule has 1 aliphatic heterocycles. The highest BCUT2D eigenvalue weighted by atomic mass is 19.4. The van der Waals surface area contributed by atoms with Gasteiger partial charge in [0.2, 0.25) is 0 Å². The first kappa shape index (κ1) is 14.1. The first-order valence-corrected chi connectivity index (χ1v) is 4.78. The van der Waals surface area contributed by atoms with Crippen molar-refractivity contribution in [1.29, 1.82) is 0 Å². The summed E-state index contributed by atoms with van der Waals surface area (Å²) in [4.78, 5) is 10.6. The number of halogens is 6. The molecule has 2 N–H and O–H groups in total. The Labute approximate surface area is 92.5 Å². The van der Waals surface area contributed by atoms with E-state index in [4.69, 9.17) is 0 Å².